The molecule has 2 aromatic rings. The smallest absolute Gasteiger partial charge is 0.387 e. The molecule has 0 amide bonds. The summed E-state index contributed by atoms with van der Waals surface area (Å²) in [4.78, 5) is 0. The van der Waals surface area contributed by atoms with Crippen molar-refractivity contribution in [1.29, 1.82) is 0 Å². The van der Waals surface area contributed by atoms with Crippen molar-refractivity contribution in [3.8, 4) is 0 Å². The predicted molar refractivity (Wildman–Crippen MR) is 51.7 cm³/mol. The molecule has 0 radical (unpaired) electrons. The Labute approximate surface area is 88.9 Å². The minimum absolute atomic E-state index is 0.200. The molecule has 0 bridgehead atoms. The summed E-state index contributed by atoms with van der Waals surface area (Å²) in [7, 11) is 0. The molecule has 0 fully saturated rings. The fourth-order valence-corrected chi connectivity index (χ4v) is 1.53. The Bertz CT molecular complexity index is 516. The maximum Gasteiger partial charge on any atom is 0.416 e. The van der Waals surface area contributed by atoms with E-state index in [-0.39, 0.29) is 5.52 Å². The van der Waals surface area contributed by atoms with Crippen LogP contribution in [0.4, 0.5) is 13.2 Å². The van der Waals surface area contributed by atoms with Crippen molar-refractivity contribution in [1.82, 2.24) is 10.2 Å². The van der Waals surface area contributed by atoms with Crippen LogP contribution in [0.2, 0.25) is 0 Å². The minimum Gasteiger partial charge on any atom is -0.387 e. The molecule has 1 aromatic carbocycles. The molecule has 0 aliphatic carbocycles. The van der Waals surface area contributed by atoms with E-state index in [9.17, 15) is 18.3 Å². The van der Waals surface area contributed by atoms with Crippen LogP contribution in [0.25, 0.3) is 10.9 Å². The van der Waals surface area contributed by atoms with E-state index in [4.69, 9.17) is 0 Å². The van der Waals surface area contributed by atoms with Crippen molar-refractivity contribution in [3.63, 3.8) is 0 Å². The maximum atomic E-state index is 12.4. The quantitative estimate of drug-likeness (QED) is 0.791. The number of rotatable bonds is 1. The topological polar surface area (TPSA) is 48.9 Å². The van der Waals surface area contributed by atoms with Crippen molar-refractivity contribution in [2.75, 3.05) is 0 Å². The first-order valence-corrected chi connectivity index (χ1v) is 4.63. The lowest BCUT2D eigenvalue weighted by Gasteiger charge is -2.06. The molecule has 6 heteroatoms. The van der Waals surface area contributed by atoms with Crippen LogP contribution in [0.15, 0.2) is 18.2 Å². The molecule has 16 heavy (non-hydrogen) atoms. The summed E-state index contributed by atoms with van der Waals surface area (Å²) in [6, 6.07) is 3.24. The lowest BCUT2D eigenvalue weighted by molar-refractivity contribution is -0.137. The van der Waals surface area contributed by atoms with Crippen LogP contribution >= 0.6 is 0 Å². The molecule has 86 valence electrons. The van der Waals surface area contributed by atoms with Crippen LogP contribution in [-0.2, 0) is 6.18 Å². The number of alkyl halides is 3. The van der Waals surface area contributed by atoms with Gasteiger partial charge in [0.25, 0.3) is 0 Å². The van der Waals surface area contributed by atoms with E-state index in [1.807, 2.05) is 0 Å². The number of aliphatic hydroxyl groups is 1. The summed E-state index contributed by atoms with van der Waals surface area (Å²) in [5, 5.41) is 16.1. The highest BCUT2D eigenvalue weighted by molar-refractivity contribution is 5.82. The third-order valence-electron chi connectivity index (χ3n) is 2.33. The Balaban J connectivity index is 2.58. The molecular formula is C10H9F3N2O. The summed E-state index contributed by atoms with van der Waals surface area (Å²) in [6.07, 6.45) is -5.17. The van der Waals surface area contributed by atoms with E-state index in [1.54, 1.807) is 0 Å². The van der Waals surface area contributed by atoms with Gasteiger partial charge in [0.2, 0.25) is 0 Å². The number of benzene rings is 1. The largest absolute Gasteiger partial charge is 0.416 e. The fourth-order valence-electron chi connectivity index (χ4n) is 1.53. The first-order valence-electron chi connectivity index (χ1n) is 4.63. The predicted octanol–water partition coefficient (Wildman–Crippen LogP) is 2.63. The number of aliphatic hydroxyl groups excluding tert-OH is 1. The van der Waals surface area contributed by atoms with Gasteiger partial charge < -0.3 is 5.11 Å². The Morgan fingerprint density at radius 1 is 1.38 bits per heavy atom. The number of H-pyrrole nitrogens is 1. The molecule has 1 unspecified atom stereocenters. The molecule has 0 saturated carbocycles. The molecule has 0 saturated heterocycles. The highest BCUT2D eigenvalue weighted by atomic mass is 19.4. The van der Waals surface area contributed by atoms with E-state index in [2.05, 4.69) is 10.2 Å². The second kappa shape index (κ2) is 3.48. The van der Waals surface area contributed by atoms with Crippen LogP contribution in [0, 0.1) is 0 Å². The lowest BCUT2D eigenvalue weighted by atomic mass is 10.1. The second-order valence-electron chi connectivity index (χ2n) is 3.54. The summed E-state index contributed by atoms with van der Waals surface area (Å²) in [5.41, 5.74) is -0.127. The minimum atomic E-state index is -4.38. The number of aromatic amines is 1. The number of aromatic nitrogens is 2. The highest BCUT2D eigenvalue weighted by Crippen LogP contribution is 2.32. The molecule has 0 aliphatic heterocycles. The van der Waals surface area contributed by atoms with Gasteiger partial charge in [-0.2, -0.15) is 18.3 Å². The van der Waals surface area contributed by atoms with Gasteiger partial charge in [0.1, 0.15) is 0 Å². The Hall–Kier alpha value is -1.56. The summed E-state index contributed by atoms with van der Waals surface area (Å²) >= 11 is 0. The van der Waals surface area contributed by atoms with E-state index in [0.29, 0.717) is 11.1 Å². The van der Waals surface area contributed by atoms with Gasteiger partial charge in [-0.15, -0.1) is 0 Å². The zero-order chi connectivity index (χ0) is 11.9. The average Bonchev–Trinajstić information content (AvgIpc) is 2.58. The molecule has 1 aromatic heterocycles. The molecule has 0 spiro atoms. The number of halogens is 3. The molecule has 2 N–H and O–H groups in total. The van der Waals surface area contributed by atoms with E-state index in [1.165, 1.54) is 13.0 Å². The van der Waals surface area contributed by atoms with E-state index >= 15 is 0 Å². The number of hydrogen-bond acceptors (Lipinski definition) is 2. The molecule has 3 nitrogen and oxygen atoms in total. The number of nitrogens with one attached hydrogen (secondary N) is 1. The Morgan fingerprint density at radius 2 is 2.06 bits per heavy atom. The molecular weight excluding hydrogens is 221 g/mol. The van der Waals surface area contributed by atoms with Gasteiger partial charge in [-0.25, -0.2) is 0 Å². The normalized spacial score (nSPS) is 14.3. The summed E-state index contributed by atoms with van der Waals surface area (Å²) < 4.78 is 37.2. The monoisotopic (exact) mass is 230 g/mol. The van der Waals surface area contributed by atoms with Crippen molar-refractivity contribution in [2.45, 2.75) is 19.2 Å². The van der Waals surface area contributed by atoms with Gasteiger partial charge in [-0.05, 0) is 19.1 Å². The van der Waals surface area contributed by atoms with Crippen LogP contribution in [0.1, 0.15) is 24.3 Å². The van der Waals surface area contributed by atoms with Gasteiger partial charge >= 0.3 is 6.18 Å². The van der Waals surface area contributed by atoms with Crippen molar-refractivity contribution in [3.05, 3.63) is 29.5 Å². The van der Waals surface area contributed by atoms with Crippen LogP contribution < -0.4 is 0 Å². The maximum absolute atomic E-state index is 12.4. The summed E-state index contributed by atoms with van der Waals surface area (Å²) in [5.74, 6) is 0. The van der Waals surface area contributed by atoms with Crippen molar-refractivity contribution < 1.29 is 18.3 Å². The molecule has 1 heterocycles. The third-order valence-corrected chi connectivity index (χ3v) is 2.33. The van der Waals surface area contributed by atoms with Crippen LogP contribution in [0.5, 0.6) is 0 Å². The van der Waals surface area contributed by atoms with Gasteiger partial charge in [-0.3, -0.25) is 5.10 Å². The second-order valence-corrected chi connectivity index (χ2v) is 3.54. The summed E-state index contributed by atoms with van der Waals surface area (Å²) in [6.45, 7) is 1.52. The third kappa shape index (κ3) is 1.76. The molecule has 1 atom stereocenters. The van der Waals surface area contributed by atoms with E-state index < -0.39 is 17.8 Å². The average molecular weight is 230 g/mol. The first kappa shape index (κ1) is 10.9. The van der Waals surface area contributed by atoms with Gasteiger partial charge in [0.15, 0.2) is 0 Å². The van der Waals surface area contributed by atoms with Gasteiger partial charge in [0.05, 0.1) is 22.9 Å². The SMILES string of the molecule is CC(O)c1[nH]nc2cc(C(F)(F)F)ccc12. The molecule has 0 aliphatic rings. The van der Waals surface area contributed by atoms with Crippen molar-refractivity contribution in [2.24, 2.45) is 0 Å². The van der Waals surface area contributed by atoms with E-state index in [0.717, 1.165) is 12.1 Å². The number of hydrogen-bond donors (Lipinski definition) is 2. The fraction of sp³-hybridized carbons (Fsp3) is 0.300. The number of nitrogens with zero attached hydrogens (tertiary/aromatic N) is 1. The zero-order valence-electron chi connectivity index (χ0n) is 8.34. The van der Waals surface area contributed by atoms with Crippen molar-refractivity contribution >= 4 is 10.9 Å². The lowest BCUT2D eigenvalue weighted by Crippen LogP contribution is -2.04. The van der Waals surface area contributed by atoms with Crippen LogP contribution in [-0.4, -0.2) is 15.3 Å². The molecule has 2 rings (SSSR count). The Kier molecular flexibility index (Phi) is 2.38. The highest BCUT2D eigenvalue weighted by Gasteiger charge is 2.31. The Morgan fingerprint density at radius 3 is 2.62 bits per heavy atom. The standard InChI is InChI=1S/C10H9F3N2O/c1-5(16)9-7-3-2-6(10(11,12)13)4-8(7)14-15-9/h2-5,16H,1H3,(H,14,15). The van der Waals surface area contributed by atoms with Crippen LogP contribution in [0.3, 0.4) is 0 Å². The van der Waals surface area contributed by atoms with Gasteiger partial charge in [-0.1, -0.05) is 6.07 Å². The number of fused-ring (bicyclic) bond motifs is 1. The first-order chi connectivity index (χ1) is 7.39. The van der Waals surface area contributed by atoms with Gasteiger partial charge in [0, 0.05) is 5.39 Å². The zero-order valence-corrected chi connectivity index (χ0v) is 8.34.